The van der Waals surface area contributed by atoms with Gasteiger partial charge >= 0.3 is 0 Å². The van der Waals surface area contributed by atoms with Gasteiger partial charge in [-0.3, -0.25) is 9.89 Å². The Labute approximate surface area is 95.1 Å². The maximum atomic E-state index is 12.0. The van der Waals surface area contributed by atoms with Crippen molar-refractivity contribution < 1.29 is 4.79 Å². The lowest BCUT2D eigenvalue weighted by Crippen LogP contribution is -2.24. The number of aromatic nitrogens is 2. The summed E-state index contributed by atoms with van der Waals surface area (Å²) in [6.07, 6.45) is 7.02. The van der Waals surface area contributed by atoms with Gasteiger partial charge in [0.15, 0.2) is 0 Å². The average molecular weight is 219 g/mol. The molecule has 0 radical (unpaired) electrons. The van der Waals surface area contributed by atoms with Crippen molar-refractivity contribution in [3.05, 3.63) is 23.5 Å². The van der Waals surface area contributed by atoms with Crippen LogP contribution in [0.3, 0.4) is 0 Å². The number of H-pyrrole nitrogens is 1. The first kappa shape index (κ1) is 10.9. The molecule has 0 bridgehead atoms. The third-order valence-corrected chi connectivity index (χ3v) is 3.02. The molecule has 0 spiro atoms. The van der Waals surface area contributed by atoms with Gasteiger partial charge in [0.1, 0.15) is 0 Å². The number of aromatic amines is 1. The van der Waals surface area contributed by atoms with Crippen molar-refractivity contribution in [2.24, 2.45) is 5.92 Å². The zero-order chi connectivity index (χ0) is 11.5. The van der Waals surface area contributed by atoms with Crippen LogP contribution in [0.25, 0.3) is 0 Å². The van der Waals surface area contributed by atoms with E-state index in [9.17, 15) is 4.79 Å². The van der Waals surface area contributed by atoms with Crippen LogP contribution >= 0.6 is 0 Å². The Bertz CT molecular complexity index is 400. The van der Waals surface area contributed by atoms with Gasteiger partial charge in [0.25, 0.3) is 0 Å². The second kappa shape index (κ2) is 4.51. The van der Waals surface area contributed by atoms with Crippen molar-refractivity contribution in [2.45, 2.75) is 33.1 Å². The molecule has 86 valence electrons. The number of hydrogen-bond acceptors (Lipinski definition) is 2. The number of carbonyl (C=O) groups excluding carboxylic acids is 1. The first-order chi connectivity index (χ1) is 7.68. The number of allylic oxidation sites excluding steroid dienone is 2. The zero-order valence-electron chi connectivity index (χ0n) is 9.71. The van der Waals surface area contributed by atoms with Crippen molar-refractivity contribution in [2.75, 3.05) is 5.32 Å². The Morgan fingerprint density at radius 2 is 2.31 bits per heavy atom. The topological polar surface area (TPSA) is 57.8 Å². The summed E-state index contributed by atoms with van der Waals surface area (Å²) in [6.45, 7) is 3.80. The maximum absolute atomic E-state index is 12.0. The van der Waals surface area contributed by atoms with E-state index in [0.29, 0.717) is 0 Å². The molecule has 1 aromatic heterocycles. The fourth-order valence-corrected chi connectivity index (χ4v) is 1.99. The highest BCUT2D eigenvalue weighted by Gasteiger charge is 2.20. The fourth-order valence-electron chi connectivity index (χ4n) is 1.99. The van der Waals surface area contributed by atoms with Crippen LogP contribution in [0.4, 0.5) is 5.69 Å². The molecule has 1 aliphatic carbocycles. The summed E-state index contributed by atoms with van der Waals surface area (Å²) in [7, 11) is 0. The van der Waals surface area contributed by atoms with Gasteiger partial charge in [-0.05, 0) is 33.1 Å². The Hall–Kier alpha value is -1.58. The summed E-state index contributed by atoms with van der Waals surface area (Å²) < 4.78 is 0. The molecule has 4 nitrogen and oxygen atoms in total. The third kappa shape index (κ3) is 2.15. The van der Waals surface area contributed by atoms with E-state index in [2.05, 4.69) is 27.7 Å². The molecule has 0 fully saturated rings. The third-order valence-electron chi connectivity index (χ3n) is 3.02. The number of anilines is 1. The minimum absolute atomic E-state index is 0.108. The minimum atomic E-state index is 0.108. The number of nitrogens with one attached hydrogen (secondary N) is 2. The molecule has 0 aliphatic heterocycles. The Morgan fingerprint density at radius 3 is 2.88 bits per heavy atom. The van der Waals surface area contributed by atoms with Gasteiger partial charge in [0.2, 0.25) is 5.91 Å². The summed E-state index contributed by atoms with van der Waals surface area (Å²) >= 11 is 0. The van der Waals surface area contributed by atoms with Gasteiger partial charge < -0.3 is 5.32 Å². The lowest BCUT2D eigenvalue weighted by Gasteiger charge is -2.17. The fraction of sp³-hybridized carbons (Fsp3) is 0.500. The largest absolute Gasteiger partial charge is 0.323 e. The monoisotopic (exact) mass is 219 g/mol. The first-order valence-corrected chi connectivity index (χ1v) is 5.66. The molecule has 1 aliphatic rings. The highest BCUT2D eigenvalue weighted by atomic mass is 16.1. The van der Waals surface area contributed by atoms with Gasteiger partial charge in [0, 0.05) is 5.92 Å². The molecule has 16 heavy (non-hydrogen) atoms. The first-order valence-electron chi connectivity index (χ1n) is 5.66. The molecule has 1 amide bonds. The lowest BCUT2D eigenvalue weighted by atomic mass is 9.93. The minimum Gasteiger partial charge on any atom is -0.323 e. The lowest BCUT2D eigenvalue weighted by molar-refractivity contribution is -0.120. The SMILES string of the molecule is Cc1n[nH]c(C)c1NC(=O)C1CC=CCC1. The molecular weight excluding hydrogens is 202 g/mol. The molecule has 1 atom stereocenters. The smallest absolute Gasteiger partial charge is 0.227 e. The Kier molecular flexibility index (Phi) is 3.08. The second-order valence-electron chi connectivity index (χ2n) is 4.28. The van der Waals surface area contributed by atoms with E-state index in [1.165, 1.54) is 0 Å². The van der Waals surface area contributed by atoms with Crippen LogP contribution in [0, 0.1) is 19.8 Å². The quantitative estimate of drug-likeness (QED) is 0.750. The molecule has 1 unspecified atom stereocenters. The van der Waals surface area contributed by atoms with Crippen LogP contribution < -0.4 is 5.32 Å². The molecular formula is C12H17N3O. The van der Waals surface area contributed by atoms with E-state index in [1.807, 2.05) is 13.8 Å². The van der Waals surface area contributed by atoms with Crippen LogP contribution in [0.15, 0.2) is 12.2 Å². The number of amides is 1. The van der Waals surface area contributed by atoms with Gasteiger partial charge in [-0.25, -0.2) is 0 Å². The van der Waals surface area contributed by atoms with Gasteiger partial charge in [-0.15, -0.1) is 0 Å². The van der Waals surface area contributed by atoms with Crippen molar-refractivity contribution >= 4 is 11.6 Å². The number of nitrogens with zero attached hydrogens (tertiary/aromatic N) is 1. The molecule has 2 rings (SSSR count). The molecule has 2 N–H and O–H groups in total. The maximum Gasteiger partial charge on any atom is 0.227 e. The molecule has 0 aromatic carbocycles. The summed E-state index contributed by atoms with van der Waals surface area (Å²) in [6, 6.07) is 0. The van der Waals surface area contributed by atoms with Crippen molar-refractivity contribution in [3.63, 3.8) is 0 Å². The normalized spacial score (nSPS) is 19.8. The Balaban J connectivity index is 2.04. The van der Waals surface area contributed by atoms with Crippen LogP contribution in [0.1, 0.15) is 30.7 Å². The second-order valence-corrected chi connectivity index (χ2v) is 4.28. The summed E-state index contributed by atoms with van der Waals surface area (Å²) in [5, 5.41) is 9.89. The van der Waals surface area contributed by atoms with Gasteiger partial charge in [-0.2, -0.15) is 5.10 Å². The van der Waals surface area contributed by atoms with E-state index >= 15 is 0 Å². The number of aryl methyl sites for hydroxylation is 2. The average Bonchev–Trinajstić information content (AvgIpc) is 2.62. The van der Waals surface area contributed by atoms with E-state index < -0.39 is 0 Å². The van der Waals surface area contributed by atoms with Crippen LogP contribution in [0.5, 0.6) is 0 Å². The van der Waals surface area contributed by atoms with E-state index in [4.69, 9.17) is 0 Å². The van der Waals surface area contributed by atoms with E-state index in [0.717, 1.165) is 36.3 Å². The van der Waals surface area contributed by atoms with Gasteiger partial charge in [0.05, 0.1) is 17.1 Å². The van der Waals surface area contributed by atoms with E-state index in [1.54, 1.807) is 0 Å². The van der Waals surface area contributed by atoms with Crippen molar-refractivity contribution in [1.29, 1.82) is 0 Å². The summed E-state index contributed by atoms with van der Waals surface area (Å²) in [5.41, 5.74) is 2.59. The molecule has 1 heterocycles. The molecule has 0 saturated heterocycles. The molecule has 4 heteroatoms. The van der Waals surface area contributed by atoms with Crippen LogP contribution in [-0.4, -0.2) is 16.1 Å². The number of rotatable bonds is 2. The van der Waals surface area contributed by atoms with Gasteiger partial charge in [-0.1, -0.05) is 12.2 Å². The zero-order valence-corrected chi connectivity index (χ0v) is 9.71. The predicted octanol–water partition coefficient (Wildman–Crippen LogP) is 2.32. The summed E-state index contributed by atoms with van der Waals surface area (Å²) in [4.78, 5) is 12.0. The predicted molar refractivity (Wildman–Crippen MR) is 63.2 cm³/mol. The Morgan fingerprint density at radius 1 is 1.50 bits per heavy atom. The highest BCUT2D eigenvalue weighted by molar-refractivity contribution is 5.93. The van der Waals surface area contributed by atoms with Crippen molar-refractivity contribution in [3.8, 4) is 0 Å². The van der Waals surface area contributed by atoms with Crippen molar-refractivity contribution in [1.82, 2.24) is 10.2 Å². The van der Waals surface area contributed by atoms with E-state index in [-0.39, 0.29) is 11.8 Å². The van der Waals surface area contributed by atoms with Crippen LogP contribution in [0.2, 0.25) is 0 Å². The standard InChI is InChI=1S/C12H17N3O/c1-8-11(9(2)15-14-8)13-12(16)10-6-4-3-5-7-10/h3-4,10H,5-7H2,1-2H3,(H,13,16)(H,14,15). The summed E-state index contributed by atoms with van der Waals surface area (Å²) in [5.74, 6) is 0.218. The highest BCUT2D eigenvalue weighted by Crippen LogP contribution is 2.22. The number of hydrogen-bond donors (Lipinski definition) is 2. The number of carbonyl (C=O) groups is 1. The molecule has 1 aromatic rings. The van der Waals surface area contributed by atoms with Crippen LogP contribution in [-0.2, 0) is 4.79 Å². The molecule has 0 saturated carbocycles.